The predicted octanol–water partition coefficient (Wildman–Crippen LogP) is 2.58. The molecule has 2 aromatic rings. The van der Waals surface area contributed by atoms with Crippen LogP contribution in [0.1, 0.15) is 21.3 Å². The van der Waals surface area contributed by atoms with Crippen LogP contribution >= 0.6 is 11.3 Å². The van der Waals surface area contributed by atoms with Crippen molar-refractivity contribution in [2.45, 2.75) is 6.04 Å². The van der Waals surface area contributed by atoms with Gasteiger partial charge in [0.05, 0.1) is 15.8 Å². The molecule has 6 nitrogen and oxygen atoms in total. The molecule has 0 aliphatic carbocycles. The monoisotopic (exact) mass is 335 g/mol. The lowest BCUT2D eigenvalue weighted by atomic mass is 10.0. The number of carbonyl (C=O) groups excluding carboxylic acids is 1. The average Bonchev–Trinajstić information content (AvgIpc) is 3.04. The molecule has 2 heterocycles. The lowest BCUT2D eigenvalue weighted by molar-refractivity contribution is -0.380. The van der Waals surface area contributed by atoms with Crippen molar-refractivity contribution in [1.82, 2.24) is 10.2 Å². The SMILES string of the molecule is O=C(c1ccc([N+](=O)[O-])s1)N1CCNCC1c1cccc(F)c1. The van der Waals surface area contributed by atoms with Crippen molar-refractivity contribution >= 4 is 22.2 Å². The van der Waals surface area contributed by atoms with E-state index in [-0.39, 0.29) is 22.8 Å². The summed E-state index contributed by atoms with van der Waals surface area (Å²) in [5.74, 6) is -0.619. The Labute approximate surface area is 135 Å². The molecule has 1 N–H and O–H groups in total. The molecule has 1 unspecified atom stereocenters. The van der Waals surface area contributed by atoms with Crippen LogP contribution in [-0.4, -0.2) is 35.4 Å². The largest absolute Gasteiger partial charge is 0.328 e. The number of benzene rings is 1. The number of nitrogens with one attached hydrogen (secondary N) is 1. The van der Waals surface area contributed by atoms with Gasteiger partial charge in [0.2, 0.25) is 0 Å². The molecular formula is C15H14FN3O3S. The van der Waals surface area contributed by atoms with E-state index in [9.17, 15) is 19.3 Å². The summed E-state index contributed by atoms with van der Waals surface area (Å²) >= 11 is 0.858. The normalized spacial score (nSPS) is 18.0. The summed E-state index contributed by atoms with van der Waals surface area (Å²) in [5, 5.41) is 13.9. The quantitative estimate of drug-likeness (QED) is 0.691. The van der Waals surface area contributed by atoms with Gasteiger partial charge >= 0.3 is 5.00 Å². The minimum absolute atomic E-state index is 0.0641. The molecule has 0 bridgehead atoms. The van der Waals surface area contributed by atoms with Gasteiger partial charge in [0.15, 0.2) is 0 Å². The summed E-state index contributed by atoms with van der Waals surface area (Å²) in [7, 11) is 0. The number of hydrogen-bond donors (Lipinski definition) is 1. The molecule has 1 fully saturated rings. The molecule has 1 saturated heterocycles. The van der Waals surface area contributed by atoms with E-state index in [4.69, 9.17) is 0 Å². The van der Waals surface area contributed by atoms with Gasteiger partial charge in [-0.15, -0.1) is 0 Å². The van der Waals surface area contributed by atoms with Crippen molar-refractivity contribution in [3.8, 4) is 0 Å². The van der Waals surface area contributed by atoms with Crippen molar-refractivity contribution in [3.63, 3.8) is 0 Å². The molecular weight excluding hydrogens is 321 g/mol. The lowest BCUT2D eigenvalue weighted by Gasteiger charge is -2.36. The number of rotatable bonds is 3. The first kappa shape index (κ1) is 15.6. The number of piperazine rings is 1. The van der Waals surface area contributed by atoms with Crippen LogP contribution < -0.4 is 5.32 Å². The van der Waals surface area contributed by atoms with E-state index in [1.807, 2.05) is 0 Å². The number of nitro groups is 1. The Morgan fingerprint density at radius 1 is 1.39 bits per heavy atom. The molecule has 1 aliphatic heterocycles. The highest BCUT2D eigenvalue weighted by atomic mass is 32.1. The number of hydrogen-bond acceptors (Lipinski definition) is 5. The molecule has 3 rings (SSSR count). The zero-order chi connectivity index (χ0) is 16.4. The van der Waals surface area contributed by atoms with E-state index in [1.165, 1.54) is 24.3 Å². The van der Waals surface area contributed by atoms with Crippen LogP contribution in [0, 0.1) is 15.9 Å². The van der Waals surface area contributed by atoms with Crippen LogP contribution in [-0.2, 0) is 0 Å². The zero-order valence-corrected chi connectivity index (χ0v) is 12.9. The van der Waals surface area contributed by atoms with Crippen LogP contribution in [0.5, 0.6) is 0 Å². The Hall–Kier alpha value is -2.32. The van der Waals surface area contributed by atoms with Crippen molar-refractivity contribution in [2.24, 2.45) is 0 Å². The highest BCUT2D eigenvalue weighted by molar-refractivity contribution is 7.17. The van der Waals surface area contributed by atoms with E-state index in [0.717, 1.165) is 11.3 Å². The Morgan fingerprint density at radius 3 is 2.91 bits per heavy atom. The van der Waals surface area contributed by atoms with Crippen LogP contribution in [0.25, 0.3) is 0 Å². The van der Waals surface area contributed by atoms with Crippen LogP contribution in [0.3, 0.4) is 0 Å². The number of thiophene rings is 1. The van der Waals surface area contributed by atoms with Gasteiger partial charge < -0.3 is 10.2 Å². The Kier molecular flexibility index (Phi) is 4.35. The first-order chi connectivity index (χ1) is 11.1. The Balaban J connectivity index is 1.88. The van der Waals surface area contributed by atoms with Crippen molar-refractivity contribution in [2.75, 3.05) is 19.6 Å². The van der Waals surface area contributed by atoms with Gasteiger partial charge in [-0.25, -0.2) is 4.39 Å². The average molecular weight is 335 g/mol. The molecule has 1 aromatic heterocycles. The molecule has 1 aliphatic rings. The fourth-order valence-corrected chi connectivity index (χ4v) is 3.42. The van der Waals surface area contributed by atoms with Crippen LogP contribution in [0.2, 0.25) is 0 Å². The molecule has 1 amide bonds. The maximum atomic E-state index is 13.5. The van der Waals surface area contributed by atoms with E-state index in [2.05, 4.69) is 5.32 Å². The van der Waals surface area contributed by atoms with E-state index < -0.39 is 4.92 Å². The standard InChI is InChI=1S/C15H14FN3O3S/c16-11-3-1-2-10(8-11)12-9-17-6-7-18(12)15(20)13-4-5-14(23-13)19(21)22/h1-5,8,12,17H,6-7,9H2. The topological polar surface area (TPSA) is 75.5 Å². The minimum Gasteiger partial charge on any atom is -0.328 e. The summed E-state index contributed by atoms with van der Waals surface area (Å²) in [6, 6.07) is 8.65. The van der Waals surface area contributed by atoms with Gasteiger partial charge in [0.25, 0.3) is 5.91 Å². The van der Waals surface area contributed by atoms with Gasteiger partial charge in [0, 0.05) is 25.7 Å². The van der Waals surface area contributed by atoms with Gasteiger partial charge in [0.1, 0.15) is 5.82 Å². The summed E-state index contributed by atoms with van der Waals surface area (Å²) < 4.78 is 13.5. The number of amides is 1. The third-order valence-electron chi connectivity index (χ3n) is 3.72. The van der Waals surface area contributed by atoms with Gasteiger partial charge in [-0.3, -0.25) is 14.9 Å². The van der Waals surface area contributed by atoms with Crippen molar-refractivity contribution in [3.05, 3.63) is 62.8 Å². The summed E-state index contributed by atoms with van der Waals surface area (Å²) in [6.07, 6.45) is 0. The summed E-state index contributed by atoms with van der Waals surface area (Å²) in [6.45, 7) is 1.61. The smallest absolute Gasteiger partial charge is 0.324 e. The molecule has 120 valence electrons. The Morgan fingerprint density at radius 2 is 2.22 bits per heavy atom. The van der Waals surface area contributed by atoms with E-state index in [0.29, 0.717) is 30.1 Å². The van der Waals surface area contributed by atoms with Crippen LogP contribution in [0.4, 0.5) is 9.39 Å². The minimum atomic E-state index is -0.511. The second-order valence-electron chi connectivity index (χ2n) is 5.17. The molecule has 1 aromatic carbocycles. The molecule has 1 atom stereocenters. The van der Waals surface area contributed by atoms with Gasteiger partial charge in [-0.2, -0.15) is 0 Å². The highest BCUT2D eigenvalue weighted by Crippen LogP contribution is 2.29. The summed E-state index contributed by atoms with van der Waals surface area (Å²) in [5.41, 5.74) is 0.705. The highest BCUT2D eigenvalue weighted by Gasteiger charge is 2.30. The number of halogens is 1. The van der Waals surface area contributed by atoms with Crippen molar-refractivity contribution in [1.29, 1.82) is 0 Å². The molecule has 23 heavy (non-hydrogen) atoms. The lowest BCUT2D eigenvalue weighted by Crippen LogP contribution is -2.48. The van der Waals surface area contributed by atoms with E-state index in [1.54, 1.807) is 17.0 Å². The maximum absolute atomic E-state index is 13.5. The Bertz CT molecular complexity index is 749. The number of nitrogens with zero attached hydrogens (tertiary/aromatic N) is 2. The third-order valence-corrected chi connectivity index (χ3v) is 4.75. The maximum Gasteiger partial charge on any atom is 0.324 e. The molecule has 8 heteroatoms. The number of carbonyl (C=O) groups is 1. The van der Waals surface area contributed by atoms with Crippen LogP contribution in [0.15, 0.2) is 36.4 Å². The fourth-order valence-electron chi connectivity index (χ4n) is 2.64. The molecule has 0 radical (unpaired) electrons. The summed E-state index contributed by atoms with van der Waals surface area (Å²) in [4.78, 5) is 24.9. The zero-order valence-electron chi connectivity index (χ0n) is 12.1. The third kappa shape index (κ3) is 3.22. The second kappa shape index (κ2) is 6.43. The molecule has 0 spiro atoms. The second-order valence-corrected chi connectivity index (χ2v) is 6.23. The first-order valence-corrected chi connectivity index (χ1v) is 7.89. The fraction of sp³-hybridized carbons (Fsp3) is 0.267. The molecule has 0 saturated carbocycles. The predicted molar refractivity (Wildman–Crippen MR) is 84.0 cm³/mol. The first-order valence-electron chi connectivity index (χ1n) is 7.07. The van der Waals surface area contributed by atoms with Gasteiger partial charge in [-0.05, 0) is 23.8 Å². The van der Waals surface area contributed by atoms with Gasteiger partial charge in [-0.1, -0.05) is 23.5 Å². The van der Waals surface area contributed by atoms with Crippen molar-refractivity contribution < 1.29 is 14.1 Å². The van der Waals surface area contributed by atoms with E-state index >= 15 is 0 Å².